The van der Waals surface area contributed by atoms with Crippen LogP contribution in [0.2, 0.25) is 18.1 Å². The minimum Gasteiger partial charge on any atom is -0.0654 e. The van der Waals surface area contributed by atoms with Crippen molar-refractivity contribution in [2.24, 2.45) is 0 Å². The molecule has 0 heterocycles. The predicted octanol–water partition coefficient (Wildman–Crippen LogP) is 7.55. The normalized spacial score (nSPS) is 12.0. The Balaban J connectivity index is 3.98. The van der Waals surface area contributed by atoms with Crippen LogP contribution in [0.1, 0.15) is 97.8 Å². The lowest BCUT2D eigenvalue weighted by Crippen LogP contribution is -2.30. The van der Waals surface area contributed by atoms with Crippen LogP contribution in [0.15, 0.2) is 0 Å². The molecule has 0 fully saturated rings. The van der Waals surface area contributed by atoms with E-state index in [-0.39, 0.29) is 0 Å². The summed E-state index contributed by atoms with van der Waals surface area (Å²) in [4.78, 5) is 0. The zero-order valence-electron chi connectivity index (χ0n) is 14.8. The minimum atomic E-state index is -1.15. The molecule has 20 heavy (non-hydrogen) atoms. The fourth-order valence-electron chi connectivity index (χ4n) is 3.16. The molecule has 0 aromatic heterocycles. The highest BCUT2D eigenvalue weighted by atomic mass is 28.3. The predicted molar refractivity (Wildman–Crippen MR) is 98.0 cm³/mol. The molecule has 0 unspecified atom stereocenters. The van der Waals surface area contributed by atoms with Crippen LogP contribution < -0.4 is 0 Å². The molecule has 0 saturated carbocycles. The zero-order valence-corrected chi connectivity index (χ0v) is 15.8. The van der Waals surface area contributed by atoms with E-state index in [2.05, 4.69) is 20.8 Å². The topological polar surface area (TPSA) is 0 Å². The number of hydrogen-bond acceptors (Lipinski definition) is 0. The van der Waals surface area contributed by atoms with Crippen molar-refractivity contribution in [1.82, 2.24) is 0 Å². The second kappa shape index (κ2) is 14.2. The van der Waals surface area contributed by atoms with Gasteiger partial charge in [-0.05, 0) is 0 Å². The monoisotopic (exact) mass is 297 g/mol. The van der Waals surface area contributed by atoms with Gasteiger partial charge in [0, 0.05) is 0 Å². The molecule has 0 aromatic rings. The van der Waals surface area contributed by atoms with Crippen molar-refractivity contribution in [3.63, 3.8) is 0 Å². The Labute approximate surface area is 131 Å². The quantitative estimate of drug-likeness (QED) is 0.216. The first-order valence-corrected chi connectivity index (χ1v) is 12.4. The molecule has 0 rings (SSSR count). The van der Waals surface area contributed by atoms with Gasteiger partial charge < -0.3 is 0 Å². The van der Waals surface area contributed by atoms with Gasteiger partial charge in [-0.3, -0.25) is 0 Å². The van der Waals surface area contributed by atoms with Crippen LogP contribution in [0.4, 0.5) is 0 Å². The molecule has 0 atom stereocenters. The summed E-state index contributed by atoms with van der Waals surface area (Å²) in [5.74, 6) is 0. The lowest BCUT2D eigenvalue weighted by molar-refractivity contribution is 0.667. The van der Waals surface area contributed by atoms with E-state index in [1.54, 1.807) is 0 Å². The molecule has 0 aromatic carbocycles. The molecule has 1 heteroatoms. The highest BCUT2D eigenvalue weighted by molar-refractivity contribution is 6.81. The van der Waals surface area contributed by atoms with Crippen LogP contribution in [-0.2, 0) is 0 Å². The van der Waals surface area contributed by atoms with Crippen molar-refractivity contribution in [2.45, 2.75) is 116 Å². The van der Waals surface area contributed by atoms with E-state index in [0.717, 1.165) is 0 Å². The molecule has 1 radical (unpaired) electrons. The van der Waals surface area contributed by atoms with Gasteiger partial charge in [0.1, 0.15) is 0 Å². The van der Waals surface area contributed by atoms with Gasteiger partial charge in [-0.2, -0.15) is 0 Å². The maximum absolute atomic E-state index is 4.80. The van der Waals surface area contributed by atoms with E-state index in [1.807, 2.05) is 0 Å². The van der Waals surface area contributed by atoms with E-state index in [9.17, 15) is 0 Å². The molecule has 121 valence electrons. The Hall–Kier alpha value is 0.217. The van der Waals surface area contributed by atoms with Crippen LogP contribution in [0.25, 0.3) is 0 Å². The van der Waals surface area contributed by atoms with Crippen LogP contribution >= 0.6 is 0 Å². The molecule has 0 aliphatic rings. The first kappa shape index (κ1) is 20.2. The van der Waals surface area contributed by atoms with Gasteiger partial charge in [0.05, 0.1) is 8.07 Å². The number of unbranched alkanes of at least 4 members (excludes halogenated alkanes) is 9. The van der Waals surface area contributed by atoms with Crippen LogP contribution in [0, 0.1) is 6.55 Å². The van der Waals surface area contributed by atoms with E-state index < -0.39 is 8.07 Å². The molecule has 0 N–H and O–H groups in total. The van der Waals surface area contributed by atoms with Crippen molar-refractivity contribution in [1.29, 1.82) is 0 Å². The minimum absolute atomic E-state index is 1.15. The zero-order chi connectivity index (χ0) is 15.1. The second-order valence-electron chi connectivity index (χ2n) is 6.93. The Bertz CT molecular complexity index is 157. The van der Waals surface area contributed by atoms with E-state index in [0.29, 0.717) is 0 Å². The summed E-state index contributed by atoms with van der Waals surface area (Å²) < 4.78 is 0. The van der Waals surface area contributed by atoms with Crippen LogP contribution in [-0.4, -0.2) is 8.07 Å². The summed E-state index contributed by atoms with van der Waals surface area (Å²) in [5.41, 5.74) is 0. The maximum Gasteiger partial charge on any atom is 0.0533 e. The van der Waals surface area contributed by atoms with Crippen molar-refractivity contribution in [2.75, 3.05) is 0 Å². The molecule has 0 aliphatic heterocycles. The Morgan fingerprint density at radius 2 is 0.800 bits per heavy atom. The average molecular weight is 298 g/mol. The largest absolute Gasteiger partial charge is 0.0654 e. The summed E-state index contributed by atoms with van der Waals surface area (Å²) in [5, 5.41) is 0. The molecule has 0 aliphatic carbocycles. The van der Waals surface area contributed by atoms with E-state index >= 15 is 0 Å². The highest BCUT2D eigenvalue weighted by Gasteiger charge is 2.25. The third kappa shape index (κ3) is 12.0. The summed E-state index contributed by atoms with van der Waals surface area (Å²) in [7, 11) is -1.15. The third-order valence-electron chi connectivity index (χ3n) is 4.68. The Morgan fingerprint density at radius 1 is 0.500 bits per heavy atom. The fraction of sp³-hybridized carbons (Fsp3) is 0.947. The van der Waals surface area contributed by atoms with Gasteiger partial charge in [0.2, 0.25) is 0 Å². The molecule has 0 saturated heterocycles. The Morgan fingerprint density at radius 3 is 1.05 bits per heavy atom. The fourth-order valence-corrected chi connectivity index (χ4v) is 6.91. The lowest BCUT2D eigenvalue weighted by Gasteiger charge is -2.28. The van der Waals surface area contributed by atoms with Crippen LogP contribution in [0.5, 0.6) is 0 Å². The third-order valence-corrected chi connectivity index (χ3v) is 8.92. The summed E-state index contributed by atoms with van der Waals surface area (Å²) in [6.07, 6.45) is 17.1. The number of rotatable bonds is 15. The summed E-state index contributed by atoms with van der Waals surface area (Å²) >= 11 is 0. The molecular weight excluding hydrogens is 256 g/mol. The Kier molecular flexibility index (Phi) is 14.3. The van der Waals surface area contributed by atoms with Gasteiger partial charge >= 0.3 is 0 Å². The first-order valence-electron chi connectivity index (χ1n) is 9.54. The summed E-state index contributed by atoms with van der Waals surface area (Å²) in [6.45, 7) is 11.7. The van der Waals surface area contributed by atoms with E-state index in [1.165, 1.54) is 95.2 Å². The lowest BCUT2D eigenvalue weighted by atomic mass is 10.2. The average Bonchev–Trinajstić information content (AvgIpc) is 2.45. The SMILES string of the molecule is [CH2][Si](CCCCCC)(CCCCCC)CCCCCC. The molecule has 0 nitrogen and oxygen atoms in total. The maximum atomic E-state index is 4.80. The first-order chi connectivity index (χ1) is 9.68. The molecule has 0 spiro atoms. The standard InChI is InChI=1S/C19H41Si/c1-5-8-11-14-17-20(4,18-15-12-9-6-2)19-16-13-10-7-3/h4-19H2,1-3H3. The van der Waals surface area contributed by atoms with Gasteiger partial charge in [-0.1, -0.05) is 123 Å². The second-order valence-corrected chi connectivity index (χ2v) is 11.4. The summed E-state index contributed by atoms with van der Waals surface area (Å²) in [6, 6.07) is 4.52. The van der Waals surface area contributed by atoms with Gasteiger partial charge in [0.25, 0.3) is 0 Å². The van der Waals surface area contributed by atoms with Crippen molar-refractivity contribution < 1.29 is 0 Å². The van der Waals surface area contributed by atoms with E-state index in [4.69, 9.17) is 6.55 Å². The van der Waals surface area contributed by atoms with Crippen molar-refractivity contribution in [3.8, 4) is 0 Å². The van der Waals surface area contributed by atoms with Gasteiger partial charge in [0.15, 0.2) is 0 Å². The van der Waals surface area contributed by atoms with Crippen LogP contribution in [0.3, 0.4) is 0 Å². The van der Waals surface area contributed by atoms with Crippen molar-refractivity contribution in [3.05, 3.63) is 6.55 Å². The smallest absolute Gasteiger partial charge is 0.0533 e. The molecule has 0 amide bonds. The van der Waals surface area contributed by atoms with Gasteiger partial charge in [-0.15, -0.1) is 0 Å². The van der Waals surface area contributed by atoms with Gasteiger partial charge in [-0.25, -0.2) is 0 Å². The number of hydrogen-bond donors (Lipinski definition) is 0. The molecular formula is C19H41Si. The van der Waals surface area contributed by atoms with Crippen molar-refractivity contribution >= 4 is 8.07 Å². The molecule has 0 bridgehead atoms. The highest BCUT2D eigenvalue weighted by Crippen LogP contribution is 2.28.